The van der Waals surface area contributed by atoms with Crippen LogP contribution in [0.1, 0.15) is 48.6 Å². The highest BCUT2D eigenvalue weighted by molar-refractivity contribution is 6.30. The number of amides is 3. The number of rotatable bonds is 7. The lowest BCUT2D eigenvalue weighted by molar-refractivity contribution is -0.132. The number of aromatic nitrogens is 2. The summed E-state index contributed by atoms with van der Waals surface area (Å²) in [7, 11) is 0. The van der Waals surface area contributed by atoms with Crippen molar-refractivity contribution in [3.05, 3.63) is 64.5 Å². The number of piperidine rings is 2. The average molecular weight is 613 g/mol. The average Bonchev–Trinajstić information content (AvgIpc) is 3.39. The summed E-state index contributed by atoms with van der Waals surface area (Å²) >= 11 is 6.43. The predicted octanol–water partition coefficient (Wildman–Crippen LogP) is 5.46. The van der Waals surface area contributed by atoms with Gasteiger partial charge in [-0.3, -0.25) is 9.69 Å². The Morgan fingerprint density at radius 3 is 2.56 bits per heavy atom. The van der Waals surface area contributed by atoms with Crippen LogP contribution in [0.5, 0.6) is 0 Å². The standard InChI is InChI=1S/C31H35ClF2N6O3/c32-24-16-22(20-5-10-38(11-6-20)19-27(33)34)15-23(17-24)30-37-36-28(43-30)18-29(41)39-12-8-25(9-13-39)40-14-7-21-3-1-2-4-26(21)35-31(40)42/h1-4,15-17,20,25,27H,5-14,18-19H2,(H,35,42). The summed E-state index contributed by atoms with van der Waals surface area (Å²) in [5.74, 6) is 0.625. The van der Waals surface area contributed by atoms with Gasteiger partial charge in [0.15, 0.2) is 0 Å². The molecule has 12 heteroatoms. The Morgan fingerprint density at radius 1 is 1.02 bits per heavy atom. The summed E-state index contributed by atoms with van der Waals surface area (Å²) in [5, 5.41) is 11.9. The van der Waals surface area contributed by atoms with Gasteiger partial charge in [-0.1, -0.05) is 29.8 Å². The van der Waals surface area contributed by atoms with E-state index in [4.69, 9.17) is 16.0 Å². The van der Waals surface area contributed by atoms with E-state index in [1.165, 1.54) is 0 Å². The number of urea groups is 1. The highest BCUT2D eigenvalue weighted by Gasteiger charge is 2.32. The molecule has 2 fully saturated rings. The molecule has 0 saturated carbocycles. The molecule has 43 heavy (non-hydrogen) atoms. The van der Waals surface area contributed by atoms with Gasteiger partial charge >= 0.3 is 6.03 Å². The van der Waals surface area contributed by atoms with E-state index in [0.29, 0.717) is 56.2 Å². The summed E-state index contributed by atoms with van der Waals surface area (Å²) in [6.45, 7) is 2.78. The first-order valence-corrected chi connectivity index (χ1v) is 15.3. The number of halogens is 3. The SMILES string of the molecule is O=C(Cc1nnc(-c2cc(Cl)cc(C3CCN(CC(F)F)CC3)c2)o1)N1CCC(N2CCc3ccccc3NC2=O)CC1. The molecule has 0 unspecified atom stereocenters. The lowest BCUT2D eigenvalue weighted by atomic mass is 9.88. The Labute approximate surface area is 254 Å². The van der Waals surface area contributed by atoms with Crippen LogP contribution in [0.2, 0.25) is 5.02 Å². The van der Waals surface area contributed by atoms with Crippen LogP contribution >= 0.6 is 11.6 Å². The van der Waals surface area contributed by atoms with Gasteiger partial charge in [-0.2, -0.15) is 0 Å². The van der Waals surface area contributed by atoms with Gasteiger partial charge in [-0.15, -0.1) is 10.2 Å². The third-order valence-corrected chi connectivity index (χ3v) is 9.01. The number of benzene rings is 2. The van der Waals surface area contributed by atoms with Crippen LogP contribution in [0.25, 0.3) is 11.5 Å². The summed E-state index contributed by atoms with van der Waals surface area (Å²) < 4.78 is 31.4. The number of carbonyl (C=O) groups is 2. The first-order valence-electron chi connectivity index (χ1n) is 14.9. The number of hydrogen-bond acceptors (Lipinski definition) is 6. The van der Waals surface area contributed by atoms with Gasteiger partial charge in [-0.25, -0.2) is 13.6 Å². The molecule has 0 radical (unpaired) electrons. The third-order valence-electron chi connectivity index (χ3n) is 8.79. The topological polar surface area (TPSA) is 94.8 Å². The molecule has 3 aliphatic rings. The van der Waals surface area contributed by atoms with E-state index < -0.39 is 6.43 Å². The Hall–Kier alpha value is -3.57. The van der Waals surface area contributed by atoms with Gasteiger partial charge in [0, 0.05) is 41.9 Å². The normalized spacial score (nSPS) is 18.9. The van der Waals surface area contributed by atoms with Crippen molar-refractivity contribution in [2.45, 2.75) is 56.9 Å². The fourth-order valence-electron chi connectivity index (χ4n) is 6.46. The molecule has 2 aromatic carbocycles. The van der Waals surface area contributed by atoms with Crippen molar-refractivity contribution in [2.24, 2.45) is 0 Å². The second kappa shape index (κ2) is 13.0. The molecule has 0 aliphatic carbocycles. The van der Waals surface area contributed by atoms with Crippen molar-refractivity contribution >= 4 is 29.2 Å². The van der Waals surface area contributed by atoms with Crippen LogP contribution in [-0.2, 0) is 17.6 Å². The van der Waals surface area contributed by atoms with Crippen LogP contribution in [0.15, 0.2) is 46.9 Å². The number of carbonyl (C=O) groups excluding carboxylic acids is 2. The molecular formula is C31H35ClF2N6O3. The number of anilines is 1. The van der Waals surface area contributed by atoms with Gasteiger partial charge in [0.25, 0.3) is 6.43 Å². The first kappa shape index (κ1) is 29.5. The number of likely N-dealkylation sites (tertiary alicyclic amines) is 2. The molecule has 3 amide bonds. The smallest absolute Gasteiger partial charge is 0.322 e. The number of nitrogens with zero attached hydrogens (tertiary/aromatic N) is 5. The lowest BCUT2D eigenvalue weighted by Crippen LogP contribution is -2.50. The molecule has 228 valence electrons. The molecule has 3 aromatic rings. The van der Waals surface area contributed by atoms with E-state index in [1.807, 2.05) is 41.3 Å². The maximum atomic E-state index is 13.1. The molecule has 2 saturated heterocycles. The van der Waals surface area contributed by atoms with Gasteiger partial charge in [-0.05, 0) is 86.5 Å². The molecule has 6 rings (SSSR count). The number of nitrogens with one attached hydrogen (secondary N) is 1. The van der Waals surface area contributed by atoms with Crippen molar-refractivity contribution in [1.29, 1.82) is 0 Å². The van der Waals surface area contributed by atoms with Gasteiger partial charge in [0.05, 0.1) is 6.54 Å². The van der Waals surface area contributed by atoms with Crippen LogP contribution in [0.4, 0.5) is 19.3 Å². The van der Waals surface area contributed by atoms with Crippen molar-refractivity contribution in [3.8, 4) is 11.5 Å². The minimum Gasteiger partial charge on any atom is -0.420 e. The quantitative estimate of drug-likeness (QED) is 0.381. The second-order valence-electron chi connectivity index (χ2n) is 11.6. The monoisotopic (exact) mass is 612 g/mol. The van der Waals surface area contributed by atoms with E-state index in [1.54, 1.807) is 15.9 Å². The molecule has 0 atom stereocenters. The molecule has 1 N–H and O–H groups in total. The van der Waals surface area contributed by atoms with Crippen LogP contribution in [0, 0.1) is 0 Å². The Morgan fingerprint density at radius 2 is 1.79 bits per heavy atom. The zero-order valence-corrected chi connectivity index (χ0v) is 24.6. The number of hydrogen-bond donors (Lipinski definition) is 1. The first-order chi connectivity index (χ1) is 20.8. The molecule has 9 nitrogen and oxygen atoms in total. The summed E-state index contributed by atoms with van der Waals surface area (Å²) in [4.78, 5) is 31.5. The predicted molar refractivity (Wildman–Crippen MR) is 158 cm³/mol. The van der Waals surface area contributed by atoms with Gasteiger partial charge in [0.2, 0.25) is 17.7 Å². The van der Waals surface area contributed by atoms with Crippen molar-refractivity contribution in [1.82, 2.24) is 24.9 Å². The van der Waals surface area contributed by atoms with Crippen molar-refractivity contribution in [2.75, 3.05) is 44.6 Å². The zero-order chi connectivity index (χ0) is 29.9. The second-order valence-corrected chi connectivity index (χ2v) is 12.0. The van der Waals surface area contributed by atoms with Crippen LogP contribution in [-0.4, -0.2) is 88.6 Å². The zero-order valence-electron chi connectivity index (χ0n) is 23.9. The van der Waals surface area contributed by atoms with E-state index >= 15 is 0 Å². The minimum absolute atomic E-state index is 0.00675. The molecule has 3 aliphatic heterocycles. The largest absolute Gasteiger partial charge is 0.420 e. The van der Waals surface area contributed by atoms with E-state index in [-0.39, 0.29) is 48.6 Å². The summed E-state index contributed by atoms with van der Waals surface area (Å²) in [6, 6.07) is 13.5. The van der Waals surface area contributed by atoms with E-state index in [2.05, 4.69) is 15.5 Å². The van der Waals surface area contributed by atoms with Crippen LogP contribution < -0.4 is 5.32 Å². The molecule has 1 aromatic heterocycles. The Kier molecular flexibility index (Phi) is 8.90. The van der Waals surface area contributed by atoms with Gasteiger partial charge in [0.1, 0.15) is 6.42 Å². The fraction of sp³-hybridized carbons (Fsp3) is 0.484. The minimum atomic E-state index is -2.33. The van der Waals surface area contributed by atoms with Gasteiger partial charge < -0.3 is 19.5 Å². The van der Waals surface area contributed by atoms with Crippen LogP contribution in [0.3, 0.4) is 0 Å². The van der Waals surface area contributed by atoms with Crippen molar-refractivity contribution in [3.63, 3.8) is 0 Å². The molecule has 0 spiro atoms. The van der Waals surface area contributed by atoms with E-state index in [0.717, 1.165) is 36.1 Å². The highest BCUT2D eigenvalue weighted by Crippen LogP contribution is 2.33. The number of alkyl halides is 2. The molecule has 4 heterocycles. The number of fused-ring (bicyclic) bond motifs is 1. The summed E-state index contributed by atoms with van der Waals surface area (Å²) in [6.07, 6.45) is 1.40. The third kappa shape index (κ3) is 6.99. The molecular weight excluding hydrogens is 578 g/mol. The lowest BCUT2D eigenvalue weighted by Gasteiger charge is -2.37. The van der Waals surface area contributed by atoms with E-state index in [9.17, 15) is 18.4 Å². The maximum Gasteiger partial charge on any atom is 0.322 e. The summed E-state index contributed by atoms with van der Waals surface area (Å²) in [5.41, 5.74) is 3.68. The fourth-order valence-corrected chi connectivity index (χ4v) is 6.71. The Balaban J connectivity index is 1.03. The maximum absolute atomic E-state index is 13.1. The van der Waals surface area contributed by atoms with Crippen molar-refractivity contribution < 1.29 is 22.8 Å². The number of para-hydroxylation sites is 1. The Bertz CT molecular complexity index is 1450. The highest BCUT2D eigenvalue weighted by atomic mass is 35.5. The molecule has 0 bridgehead atoms.